The lowest BCUT2D eigenvalue weighted by Gasteiger charge is -2.26. The molecule has 1 aliphatic heterocycles. The third-order valence-electron chi connectivity index (χ3n) is 2.25. The molecule has 0 saturated carbocycles. The fourth-order valence-electron chi connectivity index (χ4n) is 1.45. The van der Waals surface area contributed by atoms with Crippen molar-refractivity contribution in [1.82, 2.24) is 4.90 Å². The molecule has 0 aromatic heterocycles. The van der Waals surface area contributed by atoms with Gasteiger partial charge in [-0.25, -0.2) is 0 Å². The van der Waals surface area contributed by atoms with Gasteiger partial charge in [-0.1, -0.05) is 10.3 Å². The van der Waals surface area contributed by atoms with E-state index in [0.717, 1.165) is 24.6 Å². The third-order valence-corrected chi connectivity index (χ3v) is 3.20. The van der Waals surface area contributed by atoms with Crippen LogP contribution in [0.25, 0.3) is 0 Å². The number of oxime groups is 2. The largest absolute Gasteiger partial charge is 0.399 e. The van der Waals surface area contributed by atoms with Gasteiger partial charge < -0.3 is 14.6 Å². The van der Waals surface area contributed by atoms with E-state index in [1.165, 1.54) is 14.2 Å². The first kappa shape index (κ1) is 13.8. The number of amides is 1. The van der Waals surface area contributed by atoms with Gasteiger partial charge in [-0.15, -0.1) is 0 Å². The van der Waals surface area contributed by atoms with Crippen LogP contribution in [-0.2, 0) is 14.5 Å². The SMILES string of the molecule is CON=C(C)C(=NOC)C(=O)N1CCSCC1. The quantitative estimate of drug-likeness (QED) is 0.547. The summed E-state index contributed by atoms with van der Waals surface area (Å²) in [5.41, 5.74) is 0.610. The molecule has 0 bridgehead atoms. The zero-order valence-corrected chi connectivity index (χ0v) is 11.1. The van der Waals surface area contributed by atoms with Gasteiger partial charge in [0.15, 0.2) is 5.71 Å². The molecule has 0 aliphatic carbocycles. The monoisotopic (exact) mass is 259 g/mol. The summed E-state index contributed by atoms with van der Waals surface area (Å²) in [6.07, 6.45) is 0. The highest BCUT2D eigenvalue weighted by molar-refractivity contribution is 7.99. The topological polar surface area (TPSA) is 63.5 Å². The van der Waals surface area contributed by atoms with E-state index in [1.54, 1.807) is 11.8 Å². The van der Waals surface area contributed by atoms with Crippen LogP contribution in [0.4, 0.5) is 0 Å². The van der Waals surface area contributed by atoms with Gasteiger partial charge in [-0.3, -0.25) is 4.79 Å². The molecule has 1 rings (SSSR count). The molecule has 1 saturated heterocycles. The van der Waals surface area contributed by atoms with Crippen LogP contribution in [0.2, 0.25) is 0 Å². The molecule has 1 fully saturated rings. The minimum Gasteiger partial charge on any atom is -0.399 e. The smallest absolute Gasteiger partial charge is 0.277 e. The van der Waals surface area contributed by atoms with E-state index in [2.05, 4.69) is 20.0 Å². The maximum absolute atomic E-state index is 12.2. The number of rotatable bonds is 4. The van der Waals surface area contributed by atoms with Crippen LogP contribution in [0.3, 0.4) is 0 Å². The Bertz CT molecular complexity index is 325. The van der Waals surface area contributed by atoms with E-state index in [9.17, 15) is 4.79 Å². The minimum absolute atomic E-state index is 0.162. The van der Waals surface area contributed by atoms with Crippen LogP contribution in [0.15, 0.2) is 10.3 Å². The summed E-state index contributed by atoms with van der Waals surface area (Å²) in [5.74, 6) is 1.74. The highest BCUT2D eigenvalue weighted by Gasteiger charge is 2.24. The Morgan fingerprint density at radius 1 is 1.18 bits per heavy atom. The fraction of sp³-hybridized carbons (Fsp3) is 0.700. The first-order valence-electron chi connectivity index (χ1n) is 5.27. The first-order chi connectivity index (χ1) is 8.20. The predicted molar refractivity (Wildman–Crippen MR) is 68.5 cm³/mol. The van der Waals surface area contributed by atoms with E-state index in [0.29, 0.717) is 5.71 Å². The van der Waals surface area contributed by atoms with Crippen molar-refractivity contribution < 1.29 is 14.5 Å². The van der Waals surface area contributed by atoms with Crippen LogP contribution in [-0.4, -0.2) is 61.0 Å². The van der Waals surface area contributed by atoms with Crippen LogP contribution in [0.1, 0.15) is 6.92 Å². The Labute approximate surface area is 105 Å². The Kier molecular flexibility index (Phi) is 5.82. The van der Waals surface area contributed by atoms with Crippen LogP contribution in [0, 0.1) is 0 Å². The molecule has 0 spiro atoms. The van der Waals surface area contributed by atoms with E-state index >= 15 is 0 Å². The van der Waals surface area contributed by atoms with E-state index in [-0.39, 0.29) is 11.6 Å². The van der Waals surface area contributed by atoms with Gasteiger partial charge in [-0.05, 0) is 6.92 Å². The maximum atomic E-state index is 12.2. The standard InChI is InChI=1S/C10H17N3O3S/c1-8(11-15-2)9(12-16-3)10(14)13-4-6-17-7-5-13/h4-7H2,1-3H3. The number of hydrogen-bond acceptors (Lipinski definition) is 6. The summed E-state index contributed by atoms with van der Waals surface area (Å²) in [5, 5.41) is 7.44. The van der Waals surface area contributed by atoms with Gasteiger partial charge >= 0.3 is 0 Å². The Balaban J connectivity index is 2.80. The number of carbonyl (C=O) groups is 1. The summed E-state index contributed by atoms with van der Waals surface area (Å²) in [4.78, 5) is 23.3. The molecular formula is C10H17N3O3S. The van der Waals surface area contributed by atoms with E-state index < -0.39 is 0 Å². The highest BCUT2D eigenvalue weighted by atomic mass is 32.2. The summed E-state index contributed by atoms with van der Waals surface area (Å²) < 4.78 is 0. The average Bonchev–Trinajstić information content (AvgIpc) is 2.36. The van der Waals surface area contributed by atoms with Gasteiger partial charge in [0.1, 0.15) is 19.9 Å². The molecule has 1 aliphatic rings. The van der Waals surface area contributed by atoms with Gasteiger partial charge in [0.2, 0.25) is 0 Å². The molecule has 1 amide bonds. The van der Waals surface area contributed by atoms with Crippen molar-refractivity contribution in [2.75, 3.05) is 38.8 Å². The van der Waals surface area contributed by atoms with Crippen molar-refractivity contribution in [3.05, 3.63) is 0 Å². The molecule has 0 unspecified atom stereocenters. The van der Waals surface area contributed by atoms with Crippen molar-refractivity contribution in [3.63, 3.8) is 0 Å². The van der Waals surface area contributed by atoms with Gasteiger partial charge in [-0.2, -0.15) is 11.8 Å². The molecule has 0 radical (unpaired) electrons. The number of thioether (sulfide) groups is 1. The highest BCUT2D eigenvalue weighted by Crippen LogP contribution is 2.10. The Morgan fingerprint density at radius 2 is 1.76 bits per heavy atom. The summed E-state index contributed by atoms with van der Waals surface area (Å²) in [6.45, 7) is 3.12. The van der Waals surface area contributed by atoms with Crippen LogP contribution < -0.4 is 0 Å². The van der Waals surface area contributed by atoms with Crippen molar-refractivity contribution in [3.8, 4) is 0 Å². The van der Waals surface area contributed by atoms with Crippen LogP contribution in [0.5, 0.6) is 0 Å². The molecular weight excluding hydrogens is 242 g/mol. The Hall–Kier alpha value is -1.24. The van der Waals surface area contributed by atoms with E-state index in [4.69, 9.17) is 0 Å². The van der Waals surface area contributed by atoms with Gasteiger partial charge in [0.25, 0.3) is 5.91 Å². The van der Waals surface area contributed by atoms with Crippen molar-refractivity contribution in [2.24, 2.45) is 10.3 Å². The second-order valence-electron chi connectivity index (χ2n) is 3.39. The number of hydrogen-bond donors (Lipinski definition) is 0. The second-order valence-corrected chi connectivity index (χ2v) is 4.61. The van der Waals surface area contributed by atoms with Crippen molar-refractivity contribution in [2.45, 2.75) is 6.92 Å². The zero-order valence-electron chi connectivity index (χ0n) is 10.3. The minimum atomic E-state index is -0.162. The van der Waals surface area contributed by atoms with Gasteiger partial charge in [0, 0.05) is 24.6 Å². The van der Waals surface area contributed by atoms with Crippen molar-refractivity contribution >= 4 is 29.1 Å². The first-order valence-corrected chi connectivity index (χ1v) is 6.42. The van der Waals surface area contributed by atoms with Crippen LogP contribution >= 0.6 is 11.8 Å². The lowest BCUT2D eigenvalue weighted by atomic mass is 10.2. The molecule has 0 aromatic carbocycles. The number of carbonyl (C=O) groups excluding carboxylic acids is 1. The number of nitrogens with zero attached hydrogens (tertiary/aromatic N) is 3. The Morgan fingerprint density at radius 3 is 2.29 bits per heavy atom. The normalized spacial score (nSPS) is 17.9. The van der Waals surface area contributed by atoms with Crippen molar-refractivity contribution in [1.29, 1.82) is 0 Å². The predicted octanol–water partition coefficient (Wildman–Crippen LogP) is 0.586. The molecule has 96 valence electrons. The molecule has 0 N–H and O–H groups in total. The molecule has 6 nitrogen and oxygen atoms in total. The molecule has 0 aromatic rings. The lowest BCUT2D eigenvalue weighted by molar-refractivity contribution is -0.123. The zero-order chi connectivity index (χ0) is 12.7. The summed E-state index contributed by atoms with van der Waals surface area (Å²) >= 11 is 1.84. The molecule has 1 heterocycles. The summed E-state index contributed by atoms with van der Waals surface area (Å²) in [7, 11) is 2.83. The molecule has 17 heavy (non-hydrogen) atoms. The maximum Gasteiger partial charge on any atom is 0.277 e. The summed E-state index contributed by atoms with van der Waals surface area (Å²) in [6, 6.07) is 0. The van der Waals surface area contributed by atoms with E-state index in [1.807, 2.05) is 11.8 Å². The van der Waals surface area contributed by atoms with Gasteiger partial charge in [0.05, 0.1) is 0 Å². The third kappa shape index (κ3) is 3.92. The average molecular weight is 259 g/mol. The second kappa shape index (κ2) is 7.16. The molecule has 7 heteroatoms. The molecule has 0 atom stereocenters. The lowest BCUT2D eigenvalue weighted by Crippen LogP contribution is -2.44. The fourth-order valence-corrected chi connectivity index (χ4v) is 2.35.